The number of aromatic nitrogens is 2. The molecule has 0 atom stereocenters. The van der Waals surface area contributed by atoms with Crippen LogP contribution >= 0.6 is 11.3 Å². The Morgan fingerprint density at radius 2 is 1.96 bits per heavy atom. The minimum atomic E-state index is -0.600. The molecule has 0 saturated heterocycles. The monoisotopic (exact) mass is 397 g/mol. The molecule has 0 radical (unpaired) electrons. The number of ether oxygens (including phenoxy) is 1. The van der Waals surface area contributed by atoms with Gasteiger partial charge in [-0.3, -0.25) is 14.4 Å². The maximum absolute atomic E-state index is 12.5. The highest BCUT2D eigenvalue weighted by Gasteiger charge is 2.20. The van der Waals surface area contributed by atoms with E-state index < -0.39 is 5.97 Å². The zero-order chi connectivity index (χ0) is 19.5. The number of nitrogens with one attached hydrogen (secondary N) is 2. The highest BCUT2D eigenvalue weighted by Crippen LogP contribution is 2.33. The van der Waals surface area contributed by atoms with Gasteiger partial charge in [0.2, 0.25) is 0 Å². The molecular weight excluding hydrogens is 378 g/mol. The lowest BCUT2D eigenvalue weighted by molar-refractivity contribution is -0.143. The van der Waals surface area contributed by atoms with Gasteiger partial charge in [-0.25, -0.2) is 4.98 Å². The van der Waals surface area contributed by atoms with Crippen molar-refractivity contribution in [3.63, 3.8) is 0 Å². The summed E-state index contributed by atoms with van der Waals surface area (Å²) in [7, 11) is 0. The normalized spacial score (nSPS) is 13.1. The van der Waals surface area contributed by atoms with Crippen LogP contribution in [0, 0.1) is 0 Å². The lowest BCUT2D eigenvalue weighted by atomic mass is 9.97. The van der Waals surface area contributed by atoms with Crippen LogP contribution in [0.4, 0.5) is 0 Å². The van der Waals surface area contributed by atoms with Gasteiger partial charge in [-0.15, -0.1) is 11.3 Å². The number of amides is 1. The molecule has 1 aromatic carbocycles. The number of benzene rings is 1. The molecule has 7 nitrogen and oxygen atoms in total. The van der Waals surface area contributed by atoms with E-state index in [2.05, 4.69) is 15.3 Å². The molecule has 0 saturated carbocycles. The average Bonchev–Trinajstić information content (AvgIpc) is 3.10. The van der Waals surface area contributed by atoms with Crippen LogP contribution in [0.15, 0.2) is 35.1 Å². The zero-order valence-electron chi connectivity index (χ0n) is 15.1. The highest BCUT2D eigenvalue weighted by molar-refractivity contribution is 7.18. The molecule has 1 aliphatic carbocycles. The maximum Gasteiger partial charge on any atom is 0.325 e. The van der Waals surface area contributed by atoms with Crippen molar-refractivity contribution in [1.29, 1.82) is 0 Å². The smallest absolute Gasteiger partial charge is 0.325 e. The van der Waals surface area contributed by atoms with Crippen LogP contribution < -0.4 is 10.9 Å². The Bertz CT molecular complexity index is 1090. The first-order chi connectivity index (χ1) is 13.6. The summed E-state index contributed by atoms with van der Waals surface area (Å²) in [4.78, 5) is 45.4. The standard InChI is InChI=1S/C20H19N3O4S/c24-16(10-21-18(25)12-6-2-1-3-7-12)27-11-15-22-19(26)17-13-8-4-5-9-14(13)28-20(17)23-15/h1-3,6-7H,4-5,8-11H2,(H,21,25)(H,22,23,26). The van der Waals surface area contributed by atoms with Gasteiger partial charge in [-0.2, -0.15) is 0 Å². The zero-order valence-corrected chi connectivity index (χ0v) is 15.9. The summed E-state index contributed by atoms with van der Waals surface area (Å²) < 4.78 is 5.14. The maximum atomic E-state index is 12.5. The van der Waals surface area contributed by atoms with Gasteiger partial charge in [0.05, 0.1) is 5.39 Å². The quantitative estimate of drug-likeness (QED) is 0.644. The molecule has 28 heavy (non-hydrogen) atoms. The number of hydrogen-bond donors (Lipinski definition) is 2. The summed E-state index contributed by atoms with van der Waals surface area (Å²) in [5.41, 5.74) is 1.40. The van der Waals surface area contributed by atoms with Gasteiger partial charge in [0.1, 0.15) is 23.8 Å². The molecule has 8 heteroatoms. The number of carbonyl (C=O) groups is 2. The molecule has 0 unspecified atom stereocenters. The van der Waals surface area contributed by atoms with Crippen LogP contribution in [0.1, 0.15) is 39.5 Å². The Morgan fingerprint density at radius 3 is 2.79 bits per heavy atom. The first-order valence-electron chi connectivity index (χ1n) is 9.14. The highest BCUT2D eigenvalue weighted by atomic mass is 32.1. The van der Waals surface area contributed by atoms with Gasteiger partial charge in [0.15, 0.2) is 0 Å². The minimum absolute atomic E-state index is 0.145. The van der Waals surface area contributed by atoms with Crippen LogP contribution in [0.3, 0.4) is 0 Å². The Labute approximate surface area is 164 Å². The van der Waals surface area contributed by atoms with Gasteiger partial charge in [-0.05, 0) is 43.4 Å². The molecule has 0 fully saturated rings. The fourth-order valence-electron chi connectivity index (χ4n) is 3.32. The molecule has 0 bridgehead atoms. The van der Waals surface area contributed by atoms with E-state index in [0.717, 1.165) is 31.2 Å². The number of nitrogens with zero attached hydrogens (tertiary/aromatic N) is 1. The number of H-pyrrole nitrogens is 1. The van der Waals surface area contributed by atoms with Gasteiger partial charge in [-0.1, -0.05) is 18.2 Å². The number of aromatic amines is 1. The molecule has 3 aromatic rings. The fraction of sp³-hybridized carbons (Fsp3) is 0.300. The molecule has 2 heterocycles. The summed E-state index contributed by atoms with van der Waals surface area (Å²) in [5.74, 6) is -0.647. The fourth-order valence-corrected chi connectivity index (χ4v) is 4.60. The minimum Gasteiger partial charge on any atom is -0.456 e. The largest absolute Gasteiger partial charge is 0.456 e. The van der Waals surface area contributed by atoms with E-state index in [1.165, 1.54) is 4.88 Å². The number of hydrogen-bond acceptors (Lipinski definition) is 6. The van der Waals surface area contributed by atoms with Crippen LogP contribution in [0.25, 0.3) is 10.2 Å². The van der Waals surface area contributed by atoms with Gasteiger partial charge in [0, 0.05) is 10.4 Å². The number of thiophene rings is 1. The first-order valence-corrected chi connectivity index (χ1v) is 9.96. The summed E-state index contributed by atoms with van der Waals surface area (Å²) in [5, 5.41) is 3.18. The number of carbonyl (C=O) groups excluding carboxylic acids is 2. The summed E-state index contributed by atoms with van der Waals surface area (Å²) >= 11 is 1.55. The van der Waals surface area contributed by atoms with Crippen molar-refractivity contribution in [2.45, 2.75) is 32.3 Å². The van der Waals surface area contributed by atoms with Crippen molar-refractivity contribution < 1.29 is 14.3 Å². The predicted octanol–water partition coefficient (Wildman–Crippen LogP) is 2.34. The topological polar surface area (TPSA) is 101 Å². The molecule has 144 valence electrons. The molecule has 2 aromatic heterocycles. The van der Waals surface area contributed by atoms with E-state index in [1.807, 2.05) is 0 Å². The van der Waals surface area contributed by atoms with E-state index in [4.69, 9.17) is 4.74 Å². The van der Waals surface area contributed by atoms with Crippen LogP contribution in [-0.4, -0.2) is 28.4 Å². The number of fused-ring (bicyclic) bond motifs is 3. The van der Waals surface area contributed by atoms with Gasteiger partial charge >= 0.3 is 5.97 Å². The second-order valence-corrected chi connectivity index (χ2v) is 7.70. The first kappa shape index (κ1) is 18.4. The molecule has 2 N–H and O–H groups in total. The van der Waals surface area contributed by atoms with Crippen molar-refractivity contribution in [2.24, 2.45) is 0 Å². The molecule has 4 rings (SSSR count). The number of rotatable bonds is 5. The van der Waals surface area contributed by atoms with E-state index in [-0.39, 0.29) is 24.6 Å². The molecule has 0 spiro atoms. The molecular formula is C20H19N3O4S. The van der Waals surface area contributed by atoms with E-state index in [9.17, 15) is 14.4 Å². The number of esters is 1. The van der Waals surface area contributed by atoms with Gasteiger partial charge in [0.25, 0.3) is 11.5 Å². The molecule has 1 amide bonds. The third-order valence-corrected chi connectivity index (χ3v) is 5.86. The predicted molar refractivity (Wildman–Crippen MR) is 105 cm³/mol. The Balaban J connectivity index is 1.38. The number of aryl methyl sites for hydroxylation is 2. The Hall–Kier alpha value is -3.00. The van der Waals surface area contributed by atoms with Crippen molar-refractivity contribution in [3.8, 4) is 0 Å². The van der Waals surface area contributed by atoms with Crippen LogP contribution in [0.5, 0.6) is 0 Å². The lowest BCUT2D eigenvalue weighted by Crippen LogP contribution is -2.30. The van der Waals surface area contributed by atoms with E-state index in [0.29, 0.717) is 21.6 Å². The Kier molecular flexibility index (Phi) is 5.21. The third-order valence-electron chi connectivity index (χ3n) is 4.67. The van der Waals surface area contributed by atoms with Crippen LogP contribution in [-0.2, 0) is 29.0 Å². The van der Waals surface area contributed by atoms with Crippen molar-refractivity contribution in [1.82, 2.24) is 15.3 Å². The van der Waals surface area contributed by atoms with Crippen molar-refractivity contribution in [3.05, 3.63) is 62.5 Å². The second kappa shape index (κ2) is 7.93. The molecule has 0 aliphatic heterocycles. The Morgan fingerprint density at radius 1 is 1.18 bits per heavy atom. The van der Waals surface area contributed by atoms with Crippen LogP contribution in [0.2, 0.25) is 0 Å². The van der Waals surface area contributed by atoms with Crippen molar-refractivity contribution in [2.75, 3.05) is 6.54 Å². The summed E-state index contributed by atoms with van der Waals surface area (Å²) in [6.07, 6.45) is 4.13. The SMILES string of the molecule is O=C(CNC(=O)c1ccccc1)OCc1nc2sc3c(c2c(=O)[nH]1)CCCC3. The van der Waals surface area contributed by atoms with E-state index in [1.54, 1.807) is 41.7 Å². The van der Waals surface area contributed by atoms with E-state index >= 15 is 0 Å². The van der Waals surface area contributed by atoms with Gasteiger partial charge < -0.3 is 15.0 Å². The van der Waals surface area contributed by atoms with Crippen molar-refractivity contribution >= 4 is 33.4 Å². The lowest BCUT2D eigenvalue weighted by Gasteiger charge is -2.09. The molecule has 1 aliphatic rings. The second-order valence-electron chi connectivity index (χ2n) is 6.61. The third kappa shape index (κ3) is 3.82. The average molecular weight is 397 g/mol. The summed E-state index contributed by atoms with van der Waals surface area (Å²) in [6, 6.07) is 8.61. The summed E-state index contributed by atoms with van der Waals surface area (Å²) in [6.45, 7) is -0.401.